The highest BCUT2D eigenvalue weighted by Crippen LogP contribution is 2.13. The number of hydrogen-bond donors (Lipinski definition) is 2. The summed E-state index contributed by atoms with van der Waals surface area (Å²) >= 11 is 0. The molecule has 7 nitrogen and oxygen atoms in total. The molecule has 0 aliphatic carbocycles. The number of amides is 1. The third-order valence-electron chi connectivity index (χ3n) is 2.00. The van der Waals surface area contributed by atoms with Crippen molar-refractivity contribution < 1.29 is 23.9 Å². The molecular formula is C14H26N2O5. The fraction of sp³-hybridized carbons (Fsp3) is 0.786. The van der Waals surface area contributed by atoms with Crippen molar-refractivity contribution in [1.29, 1.82) is 0 Å². The van der Waals surface area contributed by atoms with Gasteiger partial charge in [-0.1, -0.05) is 0 Å². The van der Waals surface area contributed by atoms with Crippen molar-refractivity contribution in [3.05, 3.63) is 0 Å². The van der Waals surface area contributed by atoms with E-state index in [9.17, 15) is 14.4 Å². The van der Waals surface area contributed by atoms with Crippen LogP contribution in [-0.2, 0) is 23.9 Å². The Bertz CT molecular complexity index is 393. The van der Waals surface area contributed by atoms with Crippen LogP contribution in [0.3, 0.4) is 0 Å². The smallest absolute Gasteiger partial charge is 0.329 e. The molecule has 3 N–H and O–H groups in total. The minimum Gasteiger partial charge on any atom is -0.460 e. The number of carbonyl (C=O) groups excluding carboxylic acids is 3. The molecule has 0 aromatic rings. The minimum absolute atomic E-state index is 0.284. The number of nitrogens with one attached hydrogen (secondary N) is 1. The average molecular weight is 302 g/mol. The Balaban J connectivity index is 4.86. The predicted octanol–water partition coefficient (Wildman–Crippen LogP) is 0.503. The van der Waals surface area contributed by atoms with Crippen LogP contribution in [0.15, 0.2) is 0 Å². The van der Waals surface area contributed by atoms with Crippen LogP contribution in [0, 0.1) is 0 Å². The lowest BCUT2D eigenvalue weighted by atomic mass is 10.1. The van der Waals surface area contributed by atoms with Gasteiger partial charge in [0.15, 0.2) is 0 Å². The summed E-state index contributed by atoms with van der Waals surface area (Å²) < 4.78 is 10.3. The lowest BCUT2D eigenvalue weighted by molar-refractivity contribution is -0.165. The molecule has 1 amide bonds. The van der Waals surface area contributed by atoms with E-state index in [4.69, 9.17) is 15.2 Å². The van der Waals surface area contributed by atoms with E-state index in [1.165, 1.54) is 0 Å². The molecular weight excluding hydrogens is 276 g/mol. The Labute approximate surface area is 125 Å². The second-order valence-electron chi connectivity index (χ2n) is 6.65. The van der Waals surface area contributed by atoms with Crippen LogP contribution in [-0.4, -0.2) is 41.6 Å². The fourth-order valence-electron chi connectivity index (χ4n) is 1.37. The topological polar surface area (TPSA) is 108 Å². The summed E-state index contributed by atoms with van der Waals surface area (Å²) in [4.78, 5) is 35.2. The van der Waals surface area contributed by atoms with E-state index in [0.29, 0.717) is 0 Å². The highest BCUT2D eigenvalue weighted by atomic mass is 16.6. The van der Waals surface area contributed by atoms with Gasteiger partial charge in [-0.25, -0.2) is 4.79 Å². The van der Waals surface area contributed by atoms with Crippen LogP contribution in [0.1, 0.15) is 48.0 Å². The van der Waals surface area contributed by atoms with Crippen molar-refractivity contribution in [2.75, 3.05) is 6.54 Å². The first-order chi connectivity index (χ1) is 9.34. The summed E-state index contributed by atoms with van der Waals surface area (Å²) in [6, 6.07) is -1.12. The fourth-order valence-corrected chi connectivity index (χ4v) is 1.37. The van der Waals surface area contributed by atoms with Gasteiger partial charge in [-0.3, -0.25) is 9.59 Å². The highest BCUT2D eigenvalue weighted by Gasteiger charge is 2.30. The van der Waals surface area contributed by atoms with Gasteiger partial charge in [0, 0.05) is 0 Å². The molecule has 0 heterocycles. The Morgan fingerprint density at radius 2 is 1.48 bits per heavy atom. The Kier molecular flexibility index (Phi) is 6.82. The van der Waals surface area contributed by atoms with Crippen LogP contribution >= 0.6 is 0 Å². The zero-order valence-electron chi connectivity index (χ0n) is 13.6. The maximum absolute atomic E-state index is 12.0. The number of carbonyl (C=O) groups is 3. The summed E-state index contributed by atoms with van der Waals surface area (Å²) in [6.07, 6.45) is -0.308. The predicted molar refractivity (Wildman–Crippen MR) is 77.3 cm³/mol. The normalized spacial score (nSPS) is 13.3. The Morgan fingerprint density at radius 3 is 1.86 bits per heavy atom. The summed E-state index contributed by atoms with van der Waals surface area (Å²) in [5.74, 6) is -1.85. The second kappa shape index (κ2) is 7.40. The molecule has 122 valence electrons. The van der Waals surface area contributed by atoms with E-state index in [2.05, 4.69) is 5.32 Å². The third kappa shape index (κ3) is 9.84. The van der Waals surface area contributed by atoms with E-state index in [1.807, 2.05) is 0 Å². The molecule has 0 rings (SSSR count). The molecule has 0 unspecified atom stereocenters. The van der Waals surface area contributed by atoms with Crippen LogP contribution in [0.25, 0.3) is 0 Å². The summed E-state index contributed by atoms with van der Waals surface area (Å²) in [7, 11) is 0. The number of ether oxygens (including phenoxy) is 2. The van der Waals surface area contributed by atoms with Crippen LogP contribution < -0.4 is 11.1 Å². The van der Waals surface area contributed by atoms with Crippen molar-refractivity contribution in [3.8, 4) is 0 Å². The van der Waals surface area contributed by atoms with Gasteiger partial charge in [-0.2, -0.15) is 0 Å². The molecule has 0 radical (unpaired) electrons. The monoisotopic (exact) mass is 302 g/mol. The van der Waals surface area contributed by atoms with Gasteiger partial charge in [0.25, 0.3) is 0 Å². The number of nitrogens with two attached hydrogens (primary N) is 1. The van der Waals surface area contributed by atoms with Gasteiger partial charge in [-0.15, -0.1) is 0 Å². The van der Waals surface area contributed by atoms with E-state index < -0.39 is 35.1 Å². The standard InChI is InChI=1S/C14H26N2O5/c1-13(2,3)20-11(18)7-9(16-10(17)8-15)12(19)21-14(4,5)6/h9H,7-8,15H2,1-6H3,(H,16,17)/t9-/m0/s1. The van der Waals surface area contributed by atoms with Crippen molar-refractivity contribution in [2.45, 2.75) is 65.2 Å². The average Bonchev–Trinajstić information content (AvgIpc) is 2.22. The molecule has 0 aromatic carbocycles. The molecule has 0 aromatic heterocycles. The quantitative estimate of drug-likeness (QED) is 0.716. The molecule has 1 atom stereocenters. The SMILES string of the molecule is CC(C)(C)OC(=O)C[C@H](NC(=O)CN)C(=O)OC(C)(C)C. The second-order valence-corrected chi connectivity index (χ2v) is 6.65. The molecule has 0 saturated carbocycles. The van der Waals surface area contributed by atoms with Crippen molar-refractivity contribution in [1.82, 2.24) is 5.32 Å². The zero-order valence-corrected chi connectivity index (χ0v) is 13.6. The largest absolute Gasteiger partial charge is 0.460 e. The molecule has 0 bridgehead atoms. The molecule has 0 aliphatic rings. The van der Waals surface area contributed by atoms with Crippen molar-refractivity contribution in [2.24, 2.45) is 5.73 Å². The first kappa shape index (κ1) is 19.4. The highest BCUT2D eigenvalue weighted by molar-refractivity contribution is 5.88. The maximum Gasteiger partial charge on any atom is 0.329 e. The van der Waals surface area contributed by atoms with Gasteiger partial charge >= 0.3 is 11.9 Å². The van der Waals surface area contributed by atoms with Crippen LogP contribution in [0.5, 0.6) is 0 Å². The van der Waals surface area contributed by atoms with E-state index in [-0.39, 0.29) is 13.0 Å². The minimum atomic E-state index is -1.12. The summed E-state index contributed by atoms with van der Waals surface area (Å²) in [6.45, 7) is 9.94. The molecule has 21 heavy (non-hydrogen) atoms. The first-order valence-electron chi connectivity index (χ1n) is 6.78. The number of esters is 2. The van der Waals surface area contributed by atoms with Gasteiger partial charge in [0.2, 0.25) is 5.91 Å². The lowest BCUT2D eigenvalue weighted by Gasteiger charge is -2.25. The number of rotatable bonds is 5. The molecule has 0 aliphatic heterocycles. The summed E-state index contributed by atoms with van der Waals surface area (Å²) in [5.41, 5.74) is 3.80. The van der Waals surface area contributed by atoms with Crippen molar-refractivity contribution in [3.63, 3.8) is 0 Å². The lowest BCUT2D eigenvalue weighted by Crippen LogP contribution is -2.47. The Hall–Kier alpha value is -1.63. The van der Waals surface area contributed by atoms with E-state index in [1.54, 1.807) is 41.5 Å². The van der Waals surface area contributed by atoms with Crippen molar-refractivity contribution >= 4 is 17.8 Å². The molecule has 0 fully saturated rings. The summed E-state index contributed by atoms with van der Waals surface area (Å²) in [5, 5.41) is 2.37. The molecule has 7 heteroatoms. The van der Waals surface area contributed by atoms with E-state index in [0.717, 1.165) is 0 Å². The van der Waals surface area contributed by atoms with Crippen LogP contribution in [0.2, 0.25) is 0 Å². The molecule has 0 spiro atoms. The van der Waals surface area contributed by atoms with Gasteiger partial charge in [0.05, 0.1) is 13.0 Å². The first-order valence-corrected chi connectivity index (χ1v) is 6.78. The maximum atomic E-state index is 12.0. The Morgan fingerprint density at radius 1 is 1.00 bits per heavy atom. The van der Waals surface area contributed by atoms with Gasteiger partial charge in [-0.05, 0) is 41.5 Å². The van der Waals surface area contributed by atoms with E-state index >= 15 is 0 Å². The number of hydrogen-bond acceptors (Lipinski definition) is 6. The van der Waals surface area contributed by atoms with Gasteiger partial charge < -0.3 is 20.5 Å². The molecule has 0 saturated heterocycles. The zero-order chi connectivity index (χ0) is 16.8. The van der Waals surface area contributed by atoms with Crippen LogP contribution in [0.4, 0.5) is 0 Å². The van der Waals surface area contributed by atoms with Gasteiger partial charge in [0.1, 0.15) is 17.2 Å². The third-order valence-corrected chi connectivity index (χ3v) is 2.00.